The molecule has 9 heteroatoms. The number of urea groups is 1. The molecule has 1 aromatic carbocycles. The van der Waals surface area contributed by atoms with Gasteiger partial charge in [-0.3, -0.25) is 24.7 Å². The molecule has 0 N–H and O–H groups in total. The lowest BCUT2D eigenvalue weighted by Crippen LogP contribution is -2.46. The van der Waals surface area contributed by atoms with Crippen LogP contribution in [0.1, 0.15) is 25.7 Å². The highest BCUT2D eigenvalue weighted by atomic mass is 16.6. The average Bonchev–Trinajstić information content (AvgIpc) is 3.30. The van der Waals surface area contributed by atoms with E-state index in [4.69, 9.17) is 0 Å². The molecule has 0 aromatic heterocycles. The Morgan fingerprint density at radius 3 is 2.52 bits per heavy atom. The van der Waals surface area contributed by atoms with E-state index in [2.05, 4.69) is 9.80 Å². The molecule has 3 heterocycles. The van der Waals surface area contributed by atoms with Crippen molar-refractivity contribution in [1.29, 1.82) is 0 Å². The zero-order valence-corrected chi connectivity index (χ0v) is 16.5. The first kappa shape index (κ1) is 19.6. The molecule has 1 unspecified atom stereocenters. The minimum absolute atomic E-state index is 0.0157. The molecule has 1 aromatic rings. The summed E-state index contributed by atoms with van der Waals surface area (Å²) >= 11 is 0. The van der Waals surface area contributed by atoms with Gasteiger partial charge < -0.3 is 9.80 Å². The third-order valence-electron chi connectivity index (χ3n) is 6.16. The Balaban J connectivity index is 1.18. The van der Waals surface area contributed by atoms with E-state index in [1.54, 1.807) is 17.0 Å². The van der Waals surface area contributed by atoms with Crippen LogP contribution in [-0.2, 0) is 4.79 Å². The number of unbranched alkanes of at least 4 members (excludes halogenated alkanes) is 1. The molecule has 156 valence electrons. The third kappa shape index (κ3) is 4.05. The van der Waals surface area contributed by atoms with Gasteiger partial charge in [0.15, 0.2) is 0 Å². The van der Waals surface area contributed by atoms with Gasteiger partial charge in [0.1, 0.15) is 6.04 Å². The minimum atomic E-state index is -0.361. The first-order chi connectivity index (χ1) is 14.0. The van der Waals surface area contributed by atoms with Crippen molar-refractivity contribution in [1.82, 2.24) is 14.7 Å². The first-order valence-corrected chi connectivity index (χ1v) is 10.4. The van der Waals surface area contributed by atoms with Crippen LogP contribution in [0.25, 0.3) is 0 Å². The highest BCUT2D eigenvalue weighted by molar-refractivity contribution is 6.04. The highest BCUT2D eigenvalue weighted by Crippen LogP contribution is 2.27. The molecule has 0 bridgehead atoms. The third-order valence-corrected chi connectivity index (χ3v) is 6.16. The van der Waals surface area contributed by atoms with Crippen LogP contribution < -0.4 is 4.90 Å². The maximum absolute atomic E-state index is 12.3. The second-order valence-electron chi connectivity index (χ2n) is 7.94. The number of non-ortho nitro benzene ring substituents is 1. The fraction of sp³-hybridized carbons (Fsp3) is 0.600. The van der Waals surface area contributed by atoms with E-state index >= 15 is 0 Å². The maximum atomic E-state index is 12.3. The number of nitrogens with zero attached hydrogens (tertiary/aromatic N) is 5. The molecule has 0 radical (unpaired) electrons. The van der Waals surface area contributed by atoms with Crippen LogP contribution in [0.3, 0.4) is 0 Å². The number of piperazine rings is 1. The SMILES string of the molecule is O=C1C2CCCN2C(=O)N1CCCCN1CCN(c2cccc([N+](=O)[O-])c2)CC1. The lowest BCUT2D eigenvalue weighted by molar-refractivity contribution is -0.384. The zero-order chi connectivity index (χ0) is 20.4. The van der Waals surface area contributed by atoms with Gasteiger partial charge in [0, 0.05) is 57.1 Å². The Bertz CT molecular complexity index is 771. The molecule has 0 aliphatic carbocycles. The summed E-state index contributed by atoms with van der Waals surface area (Å²) in [6.07, 6.45) is 3.50. The van der Waals surface area contributed by atoms with Gasteiger partial charge in [-0.05, 0) is 38.3 Å². The predicted molar refractivity (Wildman–Crippen MR) is 108 cm³/mol. The van der Waals surface area contributed by atoms with Gasteiger partial charge in [0.2, 0.25) is 0 Å². The number of hydrogen-bond acceptors (Lipinski definition) is 6. The number of carbonyl (C=O) groups is 2. The number of nitro benzene ring substituents is 1. The van der Waals surface area contributed by atoms with Crippen LogP contribution in [0.5, 0.6) is 0 Å². The molecule has 3 saturated heterocycles. The number of nitro groups is 1. The number of carbonyl (C=O) groups excluding carboxylic acids is 2. The van der Waals surface area contributed by atoms with E-state index in [9.17, 15) is 19.7 Å². The second-order valence-corrected chi connectivity index (χ2v) is 7.94. The van der Waals surface area contributed by atoms with Crippen LogP contribution in [0.4, 0.5) is 16.2 Å². The Hall–Kier alpha value is -2.68. The Labute approximate surface area is 170 Å². The molecule has 4 rings (SSSR count). The minimum Gasteiger partial charge on any atom is -0.369 e. The first-order valence-electron chi connectivity index (χ1n) is 10.4. The molecule has 9 nitrogen and oxygen atoms in total. The monoisotopic (exact) mass is 401 g/mol. The summed E-state index contributed by atoms with van der Waals surface area (Å²) in [5.41, 5.74) is 1.02. The van der Waals surface area contributed by atoms with Gasteiger partial charge >= 0.3 is 6.03 Å². The Morgan fingerprint density at radius 1 is 1.03 bits per heavy atom. The molecule has 29 heavy (non-hydrogen) atoms. The standard InChI is InChI=1S/C20H27N5O4/c26-19-18-7-4-10-23(18)20(27)24(19)9-2-1-8-21-11-13-22(14-12-21)16-5-3-6-17(15-16)25(28)29/h3,5-6,15,18H,1-2,4,7-14H2. The number of rotatable bonds is 7. The summed E-state index contributed by atoms with van der Waals surface area (Å²) in [6.45, 7) is 5.63. The number of hydrogen-bond donors (Lipinski definition) is 0. The van der Waals surface area contributed by atoms with Crippen molar-refractivity contribution in [3.05, 3.63) is 34.4 Å². The van der Waals surface area contributed by atoms with Crippen molar-refractivity contribution in [2.24, 2.45) is 0 Å². The summed E-state index contributed by atoms with van der Waals surface area (Å²) in [7, 11) is 0. The average molecular weight is 401 g/mol. The Morgan fingerprint density at radius 2 is 1.79 bits per heavy atom. The van der Waals surface area contributed by atoms with E-state index in [1.807, 2.05) is 6.07 Å². The van der Waals surface area contributed by atoms with Gasteiger partial charge in [-0.15, -0.1) is 0 Å². The molecule has 3 amide bonds. The largest absolute Gasteiger partial charge is 0.369 e. The quantitative estimate of drug-likeness (QED) is 0.300. The molecule has 3 aliphatic rings. The van der Waals surface area contributed by atoms with Gasteiger partial charge in [0.05, 0.1) is 4.92 Å². The van der Waals surface area contributed by atoms with E-state index in [1.165, 1.54) is 11.0 Å². The fourth-order valence-corrected chi connectivity index (χ4v) is 4.53. The number of benzene rings is 1. The highest BCUT2D eigenvalue weighted by Gasteiger charge is 2.46. The van der Waals surface area contributed by atoms with E-state index < -0.39 is 0 Å². The normalized spacial score (nSPS) is 22.5. The summed E-state index contributed by atoms with van der Waals surface area (Å²) in [6, 6.07) is 6.47. The molecule has 3 fully saturated rings. The van der Waals surface area contributed by atoms with Gasteiger partial charge in [-0.2, -0.15) is 0 Å². The van der Waals surface area contributed by atoms with Crippen molar-refractivity contribution >= 4 is 23.3 Å². The molecule has 0 saturated carbocycles. The van der Waals surface area contributed by atoms with Gasteiger partial charge in [-0.1, -0.05) is 6.07 Å². The smallest absolute Gasteiger partial charge is 0.327 e. The van der Waals surface area contributed by atoms with Crippen LogP contribution in [0.2, 0.25) is 0 Å². The maximum Gasteiger partial charge on any atom is 0.327 e. The molecule has 1 atom stereocenters. The van der Waals surface area contributed by atoms with Crippen LogP contribution >= 0.6 is 0 Å². The van der Waals surface area contributed by atoms with Crippen molar-refractivity contribution in [2.45, 2.75) is 31.7 Å². The van der Waals surface area contributed by atoms with E-state index in [0.29, 0.717) is 13.1 Å². The van der Waals surface area contributed by atoms with Crippen LogP contribution in [-0.4, -0.2) is 83.4 Å². The van der Waals surface area contributed by atoms with Crippen molar-refractivity contribution in [3.63, 3.8) is 0 Å². The van der Waals surface area contributed by atoms with E-state index in [0.717, 1.165) is 64.1 Å². The predicted octanol–water partition coefficient (Wildman–Crippen LogP) is 1.92. The lowest BCUT2D eigenvalue weighted by atomic mass is 10.2. The van der Waals surface area contributed by atoms with Crippen LogP contribution in [0, 0.1) is 10.1 Å². The van der Waals surface area contributed by atoms with Gasteiger partial charge in [0.25, 0.3) is 11.6 Å². The number of imide groups is 1. The molecule has 3 aliphatic heterocycles. The topological polar surface area (TPSA) is 90.2 Å². The van der Waals surface area contributed by atoms with E-state index in [-0.39, 0.29) is 28.6 Å². The van der Waals surface area contributed by atoms with Crippen molar-refractivity contribution < 1.29 is 14.5 Å². The molecular weight excluding hydrogens is 374 g/mol. The summed E-state index contributed by atoms with van der Waals surface area (Å²) in [5.74, 6) is -0.0157. The second kappa shape index (κ2) is 8.36. The summed E-state index contributed by atoms with van der Waals surface area (Å²) < 4.78 is 0. The number of fused-ring (bicyclic) bond motifs is 1. The zero-order valence-electron chi connectivity index (χ0n) is 16.5. The fourth-order valence-electron chi connectivity index (χ4n) is 4.53. The Kier molecular flexibility index (Phi) is 5.66. The summed E-state index contributed by atoms with van der Waals surface area (Å²) in [5, 5.41) is 11.0. The lowest BCUT2D eigenvalue weighted by Gasteiger charge is -2.36. The van der Waals surface area contributed by atoms with Crippen LogP contribution in [0.15, 0.2) is 24.3 Å². The number of anilines is 1. The molecular formula is C20H27N5O4. The van der Waals surface area contributed by atoms with Crippen molar-refractivity contribution in [3.8, 4) is 0 Å². The number of amides is 3. The van der Waals surface area contributed by atoms with Gasteiger partial charge in [-0.25, -0.2) is 4.79 Å². The summed E-state index contributed by atoms with van der Waals surface area (Å²) in [4.78, 5) is 42.9. The van der Waals surface area contributed by atoms with Crippen molar-refractivity contribution in [2.75, 3.05) is 50.7 Å². The molecule has 0 spiro atoms.